The van der Waals surface area contributed by atoms with Crippen LogP contribution in [0.15, 0.2) is 41.8 Å². The molecule has 0 fully saturated rings. The van der Waals surface area contributed by atoms with Crippen LogP contribution in [-0.4, -0.2) is 30.3 Å². The van der Waals surface area contributed by atoms with E-state index in [1.807, 2.05) is 11.4 Å². The molecule has 0 aliphatic carbocycles. The molecule has 1 heterocycles. The zero-order chi connectivity index (χ0) is 17.5. The van der Waals surface area contributed by atoms with Gasteiger partial charge in [0.2, 0.25) is 5.91 Å². The van der Waals surface area contributed by atoms with E-state index in [4.69, 9.17) is 0 Å². The van der Waals surface area contributed by atoms with E-state index in [1.165, 1.54) is 16.9 Å². The maximum atomic E-state index is 12.2. The minimum absolute atomic E-state index is 0.0226. The molecule has 24 heavy (non-hydrogen) atoms. The molecule has 0 saturated carbocycles. The fraction of sp³-hybridized carbons (Fsp3) is 0.368. The van der Waals surface area contributed by atoms with Gasteiger partial charge < -0.3 is 10.2 Å². The molecule has 2 rings (SSSR count). The van der Waals surface area contributed by atoms with Gasteiger partial charge in [-0.3, -0.25) is 9.59 Å². The first-order chi connectivity index (χ1) is 11.5. The third-order valence-electron chi connectivity index (χ3n) is 3.86. The highest BCUT2D eigenvalue weighted by Crippen LogP contribution is 2.15. The average molecular weight is 344 g/mol. The summed E-state index contributed by atoms with van der Waals surface area (Å²) in [6, 6.07) is 12.0. The average Bonchev–Trinajstić information content (AvgIpc) is 3.09. The lowest BCUT2D eigenvalue weighted by Gasteiger charge is -2.18. The maximum absolute atomic E-state index is 12.2. The van der Waals surface area contributed by atoms with Gasteiger partial charge in [0.15, 0.2) is 0 Å². The molecular formula is C19H24N2O2S. The van der Waals surface area contributed by atoms with Gasteiger partial charge in [0.05, 0.1) is 4.88 Å². The number of amides is 2. The van der Waals surface area contributed by atoms with Gasteiger partial charge in [0.25, 0.3) is 5.91 Å². The third kappa shape index (κ3) is 5.20. The van der Waals surface area contributed by atoms with Gasteiger partial charge >= 0.3 is 0 Å². The van der Waals surface area contributed by atoms with Gasteiger partial charge in [0.1, 0.15) is 0 Å². The summed E-state index contributed by atoms with van der Waals surface area (Å²) in [7, 11) is 1.79. The van der Waals surface area contributed by atoms with Crippen LogP contribution in [-0.2, 0) is 11.3 Å². The normalized spacial score (nSPS) is 10.7. The van der Waals surface area contributed by atoms with Crippen molar-refractivity contribution in [1.29, 1.82) is 0 Å². The van der Waals surface area contributed by atoms with Crippen molar-refractivity contribution in [3.8, 4) is 0 Å². The summed E-state index contributed by atoms with van der Waals surface area (Å²) < 4.78 is 0. The zero-order valence-corrected chi connectivity index (χ0v) is 15.2. The summed E-state index contributed by atoms with van der Waals surface area (Å²) in [5, 5.41) is 4.64. The van der Waals surface area contributed by atoms with E-state index in [0.29, 0.717) is 30.3 Å². The zero-order valence-electron chi connectivity index (χ0n) is 14.4. The van der Waals surface area contributed by atoms with E-state index in [1.54, 1.807) is 18.0 Å². The van der Waals surface area contributed by atoms with Gasteiger partial charge in [-0.2, -0.15) is 0 Å². The van der Waals surface area contributed by atoms with Crippen molar-refractivity contribution >= 4 is 23.2 Å². The molecule has 128 valence electrons. The number of hydrogen-bond acceptors (Lipinski definition) is 3. The molecule has 0 bridgehead atoms. The van der Waals surface area contributed by atoms with E-state index in [-0.39, 0.29) is 11.8 Å². The summed E-state index contributed by atoms with van der Waals surface area (Å²) in [4.78, 5) is 26.3. The minimum atomic E-state index is -0.121. The fourth-order valence-electron chi connectivity index (χ4n) is 2.34. The van der Waals surface area contributed by atoms with Crippen molar-refractivity contribution < 1.29 is 9.59 Å². The lowest BCUT2D eigenvalue weighted by Crippen LogP contribution is -2.31. The Labute approximate surface area is 147 Å². The van der Waals surface area contributed by atoms with Gasteiger partial charge in [-0.25, -0.2) is 0 Å². The molecule has 0 radical (unpaired) electrons. The lowest BCUT2D eigenvalue weighted by molar-refractivity contribution is -0.130. The van der Waals surface area contributed by atoms with Crippen molar-refractivity contribution in [2.75, 3.05) is 13.6 Å². The van der Waals surface area contributed by atoms with Crippen LogP contribution in [0.1, 0.15) is 47.0 Å². The van der Waals surface area contributed by atoms with Crippen LogP contribution in [0.5, 0.6) is 0 Å². The molecule has 1 aromatic carbocycles. The van der Waals surface area contributed by atoms with E-state index in [0.717, 1.165) is 5.56 Å². The molecule has 0 unspecified atom stereocenters. The monoisotopic (exact) mass is 344 g/mol. The Morgan fingerprint density at radius 2 is 1.88 bits per heavy atom. The van der Waals surface area contributed by atoms with Crippen molar-refractivity contribution in [3.05, 3.63) is 57.8 Å². The molecule has 4 nitrogen and oxygen atoms in total. The van der Waals surface area contributed by atoms with Gasteiger partial charge in [-0.15, -0.1) is 11.3 Å². The predicted molar refractivity (Wildman–Crippen MR) is 98.3 cm³/mol. The largest absolute Gasteiger partial charge is 0.351 e. The van der Waals surface area contributed by atoms with Crippen molar-refractivity contribution in [2.24, 2.45) is 0 Å². The van der Waals surface area contributed by atoms with Gasteiger partial charge in [0, 0.05) is 26.6 Å². The second-order valence-electron chi connectivity index (χ2n) is 6.13. The Hall–Kier alpha value is -2.14. The molecular weight excluding hydrogens is 320 g/mol. The highest BCUT2D eigenvalue weighted by atomic mass is 32.1. The molecule has 1 aromatic heterocycles. The van der Waals surface area contributed by atoms with Crippen LogP contribution >= 0.6 is 11.3 Å². The Balaban J connectivity index is 1.76. The lowest BCUT2D eigenvalue weighted by atomic mass is 10.0. The van der Waals surface area contributed by atoms with Crippen LogP contribution < -0.4 is 5.32 Å². The predicted octanol–water partition coefficient (Wildman–Crippen LogP) is 3.65. The number of nitrogens with one attached hydrogen (secondary N) is 1. The second kappa shape index (κ2) is 8.64. The van der Waals surface area contributed by atoms with E-state index in [2.05, 4.69) is 43.4 Å². The second-order valence-corrected chi connectivity index (χ2v) is 7.08. The smallest absolute Gasteiger partial charge is 0.261 e. The molecule has 0 aliphatic rings. The van der Waals surface area contributed by atoms with Crippen LogP contribution in [0.2, 0.25) is 0 Å². The van der Waals surface area contributed by atoms with Gasteiger partial charge in [-0.1, -0.05) is 44.2 Å². The SMILES string of the molecule is CC(C)c1ccc(CN(C)C(=O)CCNC(=O)c2cccs2)cc1. The van der Waals surface area contributed by atoms with Gasteiger partial charge in [-0.05, 0) is 28.5 Å². The van der Waals surface area contributed by atoms with Crippen LogP contribution in [0.25, 0.3) is 0 Å². The van der Waals surface area contributed by atoms with E-state index >= 15 is 0 Å². The summed E-state index contributed by atoms with van der Waals surface area (Å²) in [5.74, 6) is 0.407. The number of hydrogen-bond donors (Lipinski definition) is 1. The Morgan fingerprint density at radius 3 is 2.46 bits per heavy atom. The summed E-state index contributed by atoms with van der Waals surface area (Å²) in [6.07, 6.45) is 0.303. The van der Waals surface area contributed by atoms with Crippen LogP contribution in [0, 0.1) is 0 Å². The summed E-state index contributed by atoms with van der Waals surface area (Å²) in [6.45, 7) is 5.26. The highest BCUT2D eigenvalue weighted by Gasteiger charge is 2.11. The van der Waals surface area contributed by atoms with Crippen LogP contribution in [0.3, 0.4) is 0 Å². The molecule has 0 aliphatic heterocycles. The maximum Gasteiger partial charge on any atom is 0.261 e. The Morgan fingerprint density at radius 1 is 1.17 bits per heavy atom. The number of thiophene rings is 1. The quantitative estimate of drug-likeness (QED) is 0.833. The number of benzene rings is 1. The molecule has 1 N–H and O–H groups in total. The Kier molecular flexibility index (Phi) is 6.55. The van der Waals surface area contributed by atoms with E-state index < -0.39 is 0 Å². The number of rotatable bonds is 7. The molecule has 2 aromatic rings. The number of carbonyl (C=O) groups excluding carboxylic acids is 2. The van der Waals surface area contributed by atoms with Crippen molar-refractivity contribution in [3.63, 3.8) is 0 Å². The molecule has 5 heteroatoms. The van der Waals surface area contributed by atoms with Crippen LogP contribution in [0.4, 0.5) is 0 Å². The molecule has 0 spiro atoms. The first kappa shape index (κ1) is 18.2. The molecule has 0 atom stereocenters. The summed E-state index contributed by atoms with van der Waals surface area (Å²) >= 11 is 1.39. The minimum Gasteiger partial charge on any atom is -0.351 e. The first-order valence-electron chi connectivity index (χ1n) is 8.12. The number of carbonyl (C=O) groups is 2. The van der Waals surface area contributed by atoms with E-state index in [9.17, 15) is 9.59 Å². The topological polar surface area (TPSA) is 49.4 Å². The van der Waals surface area contributed by atoms with Crippen molar-refractivity contribution in [2.45, 2.75) is 32.7 Å². The number of nitrogens with zero attached hydrogens (tertiary/aromatic N) is 1. The molecule has 0 saturated heterocycles. The highest BCUT2D eigenvalue weighted by molar-refractivity contribution is 7.12. The van der Waals surface area contributed by atoms with Crippen molar-refractivity contribution in [1.82, 2.24) is 10.2 Å². The molecule has 2 amide bonds. The fourth-order valence-corrected chi connectivity index (χ4v) is 2.98. The Bertz CT molecular complexity index is 663. The standard InChI is InChI=1S/C19H24N2O2S/c1-14(2)16-8-6-15(7-9-16)13-21(3)18(22)10-11-20-19(23)17-5-4-12-24-17/h4-9,12,14H,10-11,13H2,1-3H3,(H,20,23). The first-order valence-corrected chi connectivity index (χ1v) is 9.00. The third-order valence-corrected chi connectivity index (χ3v) is 4.73. The summed E-state index contributed by atoms with van der Waals surface area (Å²) in [5.41, 5.74) is 2.40.